The third-order valence-electron chi connectivity index (χ3n) is 3.31. The number of rotatable bonds is 5. The van der Waals surface area contributed by atoms with Crippen LogP contribution in [0.2, 0.25) is 5.02 Å². The number of primary amides is 1. The van der Waals surface area contributed by atoms with Crippen molar-refractivity contribution < 1.29 is 9.18 Å². The molecule has 0 heterocycles. The molecule has 0 saturated heterocycles. The summed E-state index contributed by atoms with van der Waals surface area (Å²) in [5.41, 5.74) is 6.98. The van der Waals surface area contributed by atoms with Crippen molar-refractivity contribution in [2.45, 2.75) is 19.5 Å². The minimum Gasteiger partial charge on any atom is -0.366 e. The van der Waals surface area contributed by atoms with E-state index < -0.39 is 5.91 Å². The smallest absolute Gasteiger partial charge is 0.248 e. The molecule has 0 aliphatic heterocycles. The maximum Gasteiger partial charge on any atom is 0.248 e. The Balaban J connectivity index is 2.06. The van der Waals surface area contributed by atoms with E-state index in [1.54, 1.807) is 30.3 Å². The van der Waals surface area contributed by atoms with Gasteiger partial charge < -0.3 is 11.1 Å². The van der Waals surface area contributed by atoms with Crippen molar-refractivity contribution in [2.75, 3.05) is 0 Å². The molecule has 0 saturated carbocycles. The quantitative estimate of drug-likeness (QED) is 0.889. The average molecular weight is 307 g/mol. The van der Waals surface area contributed by atoms with E-state index in [0.29, 0.717) is 22.7 Å². The zero-order valence-corrected chi connectivity index (χ0v) is 12.3. The molecule has 0 unspecified atom stereocenters. The first-order chi connectivity index (χ1) is 9.99. The van der Waals surface area contributed by atoms with Gasteiger partial charge in [0.05, 0.1) is 0 Å². The third-order valence-corrected chi connectivity index (χ3v) is 3.66. The van der Waals surface area contributed by atoms with Crippen molar-refractivity contribution in [3.05, 3.63) is 70.0 Å². The standard InChI is InChI=1S/C16H16ClFN2O/c1-10(13-4-2-3-5-15(13)18)20-9-12-7-6-11(16(19)21)8-14(12)17/h2-8,10,20H,9H2,1H3,(H2,19,21)/t10-/m1/s1. The van der Waals surface area contributed by atoms with Gasteiger partial charge >= 0.3 is 0 Å². The summed E-state index contributed by atoms with van der Waals surface area (Å²) in [6, 6.07) is 11.4. The second-order valence-corrected chi connectivity index (χ2v) is 5.20. The lowest BCUT2D eigenvalue weighted by Gasteiger charge is -2.15. The van der Waals surface area contributed by atoms with Crippen LogP contribution in [0.3, 0.4) is 0 Å². The normalized spacial score (nSPS) is 12.1. The van der Waals surface area contributed by atoms with Gasteiger partial charge in [0.2, 0.25) is 5.91 Å². The number of benzene rings is 2. The molecule has 0 spiro atoms. The highest BCUT2D eigenvalue weighted by Gasteiger charge is 2.11. The van der Waals surface area contributed by atoms with Crippen LogP contribution in [0.15, 0.2) is 42.5 Å². The van der Waals surface area contributed by atoms with Crippen LogP contribution in [0.5, 0.6) is 0 Å². The van der Waals surface area contributed by atoms with Crippen LogP contribution >= 0.6 is 11.6 Å². The largest absolute Gasteiger partial charge is 0.366 e. The number of amides is 1. The molecule has 0 radical (unpaired) electrons. The van der Waals surface area contributed by atoms with Gasteiger partial charge in [0.1, 0.15) is 5.82 Å². The predicted octanol–water partition coefficient (Wildman–Crippen LogP) is 3.43. The van der Waals surface area contributed by atoms with E-state index in [0.717, 1.165) is 5.56 Å². The monoisotopic (exact) mass is 306 g/mol. The van der Waals surface area contributed by atoms with Gasteiger partial charge in [0.15, 0.2) is 0 Å². The number of nitrogens with one attached hydrogen (secondary N) is 1. The fraction of sp³-hybridized carbons (Fsp3) is 0.188. The lowest BCUT2D eigenvalue weighted by atomic mass is 10.1. The van der Waals surface area contributed by atoms with Gasteiger partial charge in [-0.15, -0.1) is 0 Å². The first kappa shape index (κ1) is 15.5. The molecule has 0 aromatic heterocycles. The molecule has 2 rings (SSSR count). The molecule has 0 aliphatic carbocycles. The number of carbonyl (C=O) groups is 1. The van der Waals surface area contributed by atoms with E-state index in [2.05, 4.69) is 5.32 Å². The minimum atomic E-state index is -0.517. The van der Waals surface area contributed by atoms with Crippen molar-refractivity contribution >= 4 is 17.5 Å². The zero-order valence-electron chi connectivity index (χ0n) is 11.6. The predicted molar refractivity (Wildman–Crippen MR) is 81.6 cm³/mol. The molecule has 2 aromatic carbocycles. The van der Waals surface area contributed by atoms with Crippen molar-refractivity contribution in [1.82, 2.24) is 5.32 Å². The summed E-state index contributed by atoms with van der Waals surface area (Å²) in [5.74, 6) is -0.760. The summed E-state index contributed by atoms with van der Waals surface area (Å²) in [6.07, 6.45) is 0. The molecule has 21 heavy (non-hydrogen) atoms. The molecule has 0 aliphatic rings. The van der Waals surface area contributed by atoms with E-state index in [4.69, 9.17) is 17.3 Å². The Morgan fingerprint density at radius 3 is 2.67 bits per heavy atom. The van der Waals surface area contributed by atoms with E-state index in [1.807, 2.05) is 6.92 Å². The summed E-state index contributed by atoms with van der Waals surface area (Å²) in [5, 5.41) is 3.66. The molecule has 3 nitrogen and oxygen atoms in total. The Bertz CT molecular complexity index is 660. The maximum atomic E-state index is 13.7. The molecule has 110 valence electrons. The van der Waals surface area contributed by atoms with Crippen LogP contribution in [0, 0.1) is 5.82 Å². The Morgan fingerprint density at radius 2 is 2.05 bits per heavy atom. The number of hydrogen-bond donors (Lipinski definition) is 2. The topological polar surface area (TPSA) is 55.1 Å². The Labute approximate surface area is 127 Å². The van der Waals surface area contributed by atoms with Crippen molar-refractivity contribution in [3.8, 4) is 0 Å². The highest BCUT2D eigenvalue weighted by molar-refractivity contribution is 6.31. The highest BCUT2D eigenvalue weighted by Crippen LogP contribution is 2.20. The Kier molecular flexibility index (Phi) is 4.94. The van der Waals surface area contributed by atoms with Crippen LogP contribution < -0.4 is 11.1 Å². The second kappa shape index (κ2) is 6.70. The summed E-state index contributed by atoms with van der Waals surface area (Å²) in [4.78, 5) is 11.1. The number of nitrogens with two attached hydrogens (primary N) is 1. The summed E-state index contributed by atoms with van der Waals surface area (Å²) in [6.45, 7) is 2.34. The van der Waals surface area contributed by atoms with Gasteiger partial charge in [-0.3, -0.25) is 4.79 Å². The lowest BCUT2D eigenvalue weighted by molar-refractivity contribution is 0.100. The SMILES string of the molecule is C[C@@H](NCc1ccc(C(N)=O)cc1Cl)c1ccccc1F. The molecule has 1 atom stereocenters. The Hall–Kier alpha value is -1.91. The molecule has 0 fully saturated rings. The second-order valence-electron chi connectivity index (χ2n) is 4.79. The average Bonchev–Trinajstić information content (AvgIpc) is 2.46. The van der Waals surface area contributed by atoms with Gasteiger partial charge in [0.25, 0.3) is 0 Å². The summed E-state index contributed by atoms with van der Waals surface area (Å²) >= 11 is 6.11. The number of hydrogen-bond acceptors (Lipinski definition) is 2. The van der Waals surface area contributed by atoms with Gasteiger partial charge in [-0.25, -0.2) is 4.39 Å². The van der Waals surface area contributed by atoms with Crippen molar-refractivity contribution in [3.63, 3.8) is 0 Å². The first-order valence-corrected chi connectivity index (χ1v) is 6.93. The van der Waals surface area contributed by atoms with E-state index >= 15 is 0 Å². The molecule has 1 amide bonds. The molecule has 2 aromatic rings. The zero-order chi connectivity index (χ0) is 15.4. The summed E-state index contributed by atoms with van der Waals surface area (Å²) in [7, 11) is 0. The number of halogens is 2. The first-order valence-electron chi connectivity index (χ1n) is 6.55. The van der Waals surface area contributed by atoms with Crippen molar-refractivity contribution in [2.24, 2.45) is 5.73 Å². The van der Waals surface area contributed by atoms with Gasteiger partial charge in [-0.05, 0) is 30.7 Å². The molecule has 0 bridgehead atoms. The number of carbonyl (C=O) groups excluding carboxylic acids is 1. The van der Waals surface area contributed by atoms with Gasteiger partial charge in [0, 0.05) is 28.7 Å². The molecule has 3 N–H and O–H groups in total. The van der Waals surface area contributed by atoms with E-state index in [1.165, 1.54) is 12.1 Å². The molecule has 5 heteroatoms. The van der Waals surface area contributed by atoms with Gasteiger partial charge in [-0.1, -0.05) is 35.9 Å². The highest BCUT2D eigenvalue weighted by atomic mass is 35.5. The van der Waals surface area contributed by atoms with E-state index in [9.17, 15) is 9.18 Å². The lowest BCUT2D eigenvalue weighted by Crippen LogP contribution is -2.19. The van der Waals surface area contributed by atoms with Crippen LogP contribution in [-0.2, 0) is 6.54 Å². The fourth-order valence-electron chi connectivity index (χ4n) is 2.04. The third kappa shape index (κ3) is 3.80. The molecular formula is C16H16ClFN2O. The maximum absolute atomic E-state index is 13.7. The van der Waals surface area contributed by atoms with Crippen LogP contribution in [0.1, 0.15) is 34.5 Å². The summed E-state index contributed by atoms with van der Waals surface area (Å²) < 4.78 is 13.7. The fourth-order valence-corrected chi connectivity index (χ4v) is 2.29. The minimum absolute atomic E-state index is 0.155. The van der Waals surface area contributed by atoms with Gasteiger partial charge in [-0.2, -0.15) is 0 Å². The molecular weight excluding hydrogens is 291 g/mol. The van der Waals surface area contributed by atoms with Crippen LogP contribution in [0.25, 0.3) is 0 Å². The van der Waals surface area contributed by atoms with Crippen molar-refractivity contribution in [1.29, 1.82) is 0 Å². The Morgan fingerprint density at radius 1 is 1.33 bits per heavy atom. The van der Waals surface area contributed by atoms with Crippen LogP contribution in [-0.4, -0.2) is 5.91 Å². The van der Waals surface area contributed by atoms with E-state index in [-0.39, 0.29) is 11.9 Å². The van der Waals surface area contributed by atoms with Crippen LogP contribution in [0.4, 0.5) is 4.39 Å².